The Morgan fingerprint density at radius 2 is 1.17 bits per heavy atom. The van der Waals surface area contributed by atoms with Gasteiger partial charge in [-0.2, -0.15) is 0 Å². The summed E-state index contributed by atoms with van der Waals surface area (Å²) in [6.07, 6.45) is -21.6. The highest BCUT2D eigenvalue weighted by molar-refractivity contribution is 5.20. The number of fused-ring (bicyclic) bond motifs is 5. The summed E-state index contributed by atoms with van der Waals surface area (Å²) in [5.74, 6) is -0.375. The Bertz CT molecular complexity index is 1960. The van der Waals surface area contributed by atoms with Crippen molar-refractivity contribution in [3.8, 4) is 0 Å². The average molecular weight is 1090 g/mol. The third-order valence-corrected chi connectivity index (χ3v) is 20.7. The van der Waals surface area contributed by atoms with E-state index in [2.05, 4.69) is 40.7 Å². The fourth-order valence-electron chi connectivity index (χ4n) is 16.2. The molecule has 76 heavy (non-hydrogen) atoms. The van der Waals surface area contributed by atoms with Crippen LogP contribution in [0.4, 0.5) is 0 Å². The molecule has 4 heterocycles. The van der Waals surface area contributed by atoms with Crippen LogP contribution in [-0.2, 0) is 37.9 Å². The minimum atomic E-state index is -1.81. The van der Waals surface area contributed by atoms with Crippen LogP contribution in [0.15, 0.2) is 11.6 Å². The quantitative estimate of drug-likeness (QED) is 0.0492. The fraction of sp³-hybridized carbons (Fsp3) is 0.963. The van der Waals surface area contributed by atoms with Crippen molar-refractivity contribution in [2.24, 2.45) is 45.3 Å². The van der Waals surface area contributed by atoms with E-state index >= 15 is 0 Å². The van der Waals surface area contributed by atoms with Gasteiger partial charge in [0.05, 0.1) is 44.2 Å². The summed E-state index contributed by atoms with van der Waals surface area (Å²) in [5.41, 5.74) is -1.39. The summed E-state index contributed by atoms with van der Waals surface area (Å²) in [7, 11) is 0. The molecule has 8 rings (SSSR count). The largest absolute Gasteiger partial charge is 0.394 e. The van der Waals surface area contributed by atoms with Gasteiger partial charge in [-0.1, -0.05) is 46.3 Å². The van der Waals surface area contributed by atoms with Gasteiger partial charge in [0.15, 0.2) is 25.2 Å². The lowest BCUT2D eigenvalue weighted by molar-refractivity contribution is -0.378. The SMILES string of the molecule is CC(C)=CCCC[C@](C)(O[C@@H]1O[C@H](CO[C@@H]2OC[C@@H](O)[C@H](O)[C@H]2O)[C@@H](O)[C@H](O)[C@H]1O)[C@H]1CC[C@]2(C)[C@H]1[C@H](O)C[C@@H]1[C@@]3(C)CC[C@H](O[C@@H]4O[C@H](CO)[C@@H](O)[C@H](O)[C@H]4O[C@@H]4O[C@H](CO)[C@@H](O)[C@H](O)[C@H]4O)C(C)(C)[C@@H]3CC[C@]12C. The van der Waals surface area contributed by atoms with Gasteiger partial charge in [0, 0.05) is 0 Å². The van der Waals surface area contributed by atoms with E-state index in [-0.39, 0.29) is 41.1 Å². The Hall–Kier alpha value is -1.14. The maximum absolute atomic E-state index is 12.9. The Morgan fingerprint density at radius 3 is 1.82 bits per heavy atom. The van der Waals surface area contributed by atoms with E-state index in [0.717, 1.165) is 31.3 Å². The second-order valence-electron chi connectivity index (χ2n) is 25.7. The third-order valence-electron chi connectivity index (χ3n) is 20.7. The van der Waals surface area contributed by atoms with Crippen LogP contribution in [0.1, 0.15) is 120 Å². The molecule has 29 atom stereocenters. The number of rotatable bonds is 16. The van der Waals surface area contributed by atoms with Crippen molar-refractivity contribution in [2.75, 3.05) is 26.4 Å². The second-order valence-corrected chi connectivity index (χ2v) is 25.7. The maximum Gasteiger partial charge on any atom is 0.187 e. The highest BCUT2D eigenvalue weighted by Gasteiger charge is 2.72. The molecule has 14 N–H and O–H groups in total. The van der Waals surface area contributed by atoms with Gasteiger partial charge in [-0.15, -0.1) is 0 Å². The molecule has 0 radical (unpaired) electrons. The van der Waals surface area contributed by atoms with Crippen molar-refractivity contribution in [3.63, 3.8) is 0 Å². The van der Waals surface area contributed by atoms with Gasteiger partial charge in [0.1, 0.15) is 91.6 Å². The summed E-state index contributed by atoms with van der Waals surface area (Å²) in [5, 5.41) is 152. The van der Waals surface area contributed by atoms with Crippen LogP contribution in [-0.4, -0.2) is 232 Å². The standard InChI is InChI=1S/C54H92O22/c1-24(2)11-9-10-15-54(8,76-48-44(68)40(64)38(62)30(73-48)23-70-46-42(66)35(59)27(58)22-69-46)25-12-17-53(7)34(25)26(57)19-32-51(5)16-14-33(50(3,4)31(51)13-18-52(32,53)6)74-49-45(41(65)37(61)29(21-56)72-49)75-47-43(67)39(63)36(60)28(20-55)71-47/h11,25-49,55-68H,9-10,12-23H2,1-8H3/t25-,26+,27+,28+,29+,30+,31-,32+,33-,34+,35-,36+,37+,38+,39-,40-,41-,42+,43+,44+,45+,46-,47-,48-,49-,51-,52+,53+,54-/m0/s1. The molecule has 0 spiro atoms. The monoisotopic (exact) mass is 1090 g/mol. The van der Waals surface area contributed by atoms with E-state index in [1.807, 2.05) is 20.8 Å². The van der Waals surface area contributed by atoms with Gasteiger partial charge in [0.25, 0.3) is 0 Å². The van der Waals surface area contributed by atoms with Gasteiger partial charge in [0.2, 0.25) is 0 Å². The first-order chi connectivity index (χ1) is 35.6. The van der Waals surface area contributed by atoms with Crippen LogP contribution in [0.3, 0.4) is 0 Å². The predicted molar refractivity (Wildman–Crippen MR) is 265 cm³/mol. The van der Waals surface area contributed by atoms with Crippen LogP contribution in [0.25, 0.3) is 0 Å². The zero-order valence-electron chi connectivity index (χ0n) is 45.4. The summed E-state index contributed by atoms with van der Waals surface area (Å²) < 4.78 is 48.9. The second kappa shape index (κ2) is 23.3. The van der Waals surface area contributed by atoms with E-state index in [1.54, 1.807) is 0 Å². The van der Waals surface area contributed by atoms with Gasteiger partial charge in [-0.3, -0.25) is 0 Å². The Kier molecular flexibility index (Phi) is 18.6. The smallest absolute Gasteiger partial charge is 0.187 e. The molecule has 4 aliphatic carbocycles. The number of ether oxygens (including phenoxy) is 8. The molecule has 0 unspecified atom stereocenters. The van der Waals surface area contributed by atoms with Crippen molar-refractivity contribution in [2.45, 2.75) is 254 Å². The normalized spacial score (nSPS) is 52.2. The molecule has 0 aromatic carbocycles. The van der Waals surface area contributed by atoms with E-state index in [4.69, 9.17) is 37.9 Å². The van der Waals surface area contributed by atoms with Crippen molar-refractivity contribution < 1.29 is 109 Å². The van der Waals surface area contributed by atoms with Crippen molar-refractivity contribution >= 4 is 0 Å². The lowest BCUT2D eigenvalue weighted by atomic mass is 9.35. The zero-order valence-corrected chi connectivity index (χ0v) is 45.4. The molecule has 440 valence electrons. The molecule has 4 saturated carbocycles. The number of hydrogen-bond donors (Lipinski definition) is 14. The predicted octanol–water partition coefficient (Wildman–Crippen LogP) is -1.17. The van der Waals surface area contributed by atoms with E-state index in [9.17, 15) is 71.5 Å². The number of aliphatic hydroxyl groups is 14. The van der Waals surface area contributed by atoms with Gasteiger partial charge in [-0.25, -0.2) is 0 Å². The Labute approximate surface area is 445 Å². The minimum absolute atomic E-state index is 0.0517. The molecule has 4 saturated heterocycles. The number of allylic oxidation sites excluding steroid dienone is 2. The number of aliphatic hydroxyl groups excluding tert-OH is 14. The summed E-state index contributed by atoms with van der Waals surface area (Å²) >= 11 is 0. The molecular weight excluding hydrogens is 1000 g/mol. The first kappa shape index (κ1) is 60.9. The molecule has 0 bridgehead atoms. The summed E-state index contributed by atoms with van der Waals surface area (Å²) in [4.78, 5) is 0. The first-order valence-corrected chi connectivity index (χ1v) is 27.8. The zero-order chi connectivity index (χ0) is 55.8. The lowest BCUT2D eigenvalue weighted by Gasteiger charge is -2.71. The maximum atomic E-state index is 12.9. The van der Waals surface area contributed by atoms with Gasteiger partial charge >= 0.3 is 0 Å². The fourth-order valence-corrected chi connectivity index (χ4v) is 16.2. The molecule has 4 aliphatic heterocycles. The number of hydrogen-bond acceptors (Lipinski definition) is 22. The van der Waals surface area contributed by atoms with Gasteiger partial charge in [-0.05, 0) is 130 Å². The van der Waals surface area contributed by atoms with Crippen molar-refractivity contribution in [1.82, 2.24) is 0 Å². The van der Waals surface area contributed by atoms with Crippen LogP contribution >= 0.6 is 0 Å². The van der Waals surface area contributed by atoms with Crippen molar-refractivity contribution in [1.29, 1.82) is 0 Å². The van der Waals surface area contributed by atoms with Crippen LogP contribution in [0.2, 0.25) is 0 Å². The molecule has 0 amide bonds. The van der Waals surface area contributed by atoms with Crippen LogP contribution in [0, 0.1) is 45.3 Å². The summed E-state index contributed by atoms with van der Waals surface area (Å²) in [6, 6.07) is 0. The molecular formula is C54H92O22. The summed E-state index contributed by atoms with van der Waals surface area (Å²) in [6.45, 7) is 15.2. The first-order valence-electron chi connectivity index (χ1n) is 27.8. The topological polar surface area (TPSA) is 357 Å². The third kappa shape index (κ3) is 10.8. The van der Waals surface area contributed by atoms with E-state index in [0.29, 0.717) is 38.5 Å². The lowest BCUT2D eigenvalue weighted by Crippen LogP contribution is -2.68. The van der Waals surface area contributed by atoms with Crippen LogP contribution < -0.4 is 0 Å². The molecule has 22 heteroatoms. The van der Waals surface area contributed by atoms with Crippen LogP contribution in [0.5, 0.6) is 0 Å². The average Bonchev–Trinajstić information content (AvgIpc) is 3.83. The molecule has 22 nitrogen and oxygen atoms in total. The van der Waals surface area contributed by atoms with E-state index < -0.39 is 165 Å². The van der Waals surface area contributed by atoms with E-state index in [1.165, 1.54) is 0 Å². The van der Waals surface area contributed by atoms with Gasteiger partial charge < -0.3 is 109 Å². The van der Waals surface area contributed by atoms with Crippen molar-refractivity contribution in [3.05, 3.63) is 11.6 Å². The molecule has 8 aliphatic rings. The minimum Gasteiger partial charge on any atom is -0.394 e. The molecule has 0 aromatic rings. The number of unbranched alkanes of at least 4 members (excludes halogenated alkanes) is 1. The Morgan fingerprint density at radius 1 is 0.592 bits per heavy atom. The highest BCUT2D eigenvalue weighted by atomic mass is 16.8. The molecule has 8 fully saturated rings. The molecule has 0 aromatic heterocycles. The highest BCUT2D eigenvalue weighted by Crippen LogP contribution is 2.76. The Balaban J connectivity index is 1.01.